The number of halogens is 1. The molecule has 3 rings (SSSR count). The monoisotopic (exact) mass is 476 g/mol. The molecule has 3 aromatic rings. The molecule has 1 N–H and O–H groups in total. The molecule has 0 saturated carbocycles. The first kappa shape index (κ1) is 22.8. The number of nitro benzene ring substituents is 1. The smallest absolute Gasteiger partial charge is 0.341 e. The zero-order valence-corrected chi connectivity index (χ0v) is 18.7. The lowest BCUT2D eigenvalue weighted by Gasteiger charge is -2.09. The quantitative estimate of drug-likeness (QED) is 0.188. The lowest BCUT2D eigenvalue weighted by atomic mass is 10.0. The lowest BCUT2D eigenvalue weighted by Crippen LogP contribution is -2.16. The second-order valence-corrected chi connectivity index (χ2v) is 8.54. The molecule has 160 valence electrons. The largest absolute Gasteiger partial charge is 0.462 e. The Kier molecular flexibility index (Phi) is 7.67. The van der Waals surface area contributed by atoms with Crippen LogP contribution < -0.4 is 5.32 Å². The third kappa shape index (κ3) is 5.84. The number of nitrogens with zero attached hydrogens (tertiary/aromatic N) is 1. The number of carbonyl (C=O) groups excluding carboxylic acids is 2. The van der Waals surface area contributed by atoms with Gasteiger partial charge in [0, 0.05) is 33.0 Å². The average Bonchev–Trinajstić information content (AvgIpc) is 3.17. The van der Waals surface area contributed by atoms with Crippen molar-refractivity contribution in [2.75, 3.05) is 17.7 Å². The predicted molar refractivity (Wildman–Crippen MR) is 123 cm³/mol. The Bertz CT molecular complexity index is 1120. The van der Waals surface area contributed by atoms with Crippen LogP contribution in [0.15, 0.2) is 58.8 Å². The summed E-state index contributed by atoms with van der Waals surface area (Å²) in [6.45, 7) is 1.83. The van der Waals surface area contributed by atoms with E-state index in [-0.39, 0.29) is 29.5 Å². The summed E-state index contributed by atoms with van der Waals surface area (Å²) in [5.41, 5.74) is 1.04. The predicted octanol–water partition coefficient (Wildman–Crippen LogP) is 5.88. The van der Waals surface area contributed by atoms with Crippen molar-refractivity contribution in [1.82, 2.24) is 0 Å². The molecule has 0 bridgehead atoms. The van der Waals surface area contributed by atoms with E-state index in [0.717, 1.165) is 16.2 Å². The second kappa shape index (κ2) is 10.4. The van der Waals surface area contributed by atoms with Gasteiger partial charge in [-0.05, 0) is 36.8 Å². The molecule has 0 spiro atoms. The molecule has 1 heterocycles. The third-order valence-electron chi connectivity index (χ3n) is 4.08. The lowest BCUT2D eigenvalue weighted by molar-refractivity contribution is -0.384. The normalized spacial score (nSPS) is 10.5. The standard InChI is InChI=1S/C21H17ClN2O5S2/c1-2-29-21(26)19-17(13-4-3-5-15(10-13)24(27)28)11-31-20(19)23-18(25)12-30-16-8-6-14(22)7-9-16/h3-11H,2,12H2,1H3,(H,23,25). The van der Waals surface area contributed by atoms with E-state index in [2.05, 4.69) is 5.32 Å². The maximum Gasteiger partial charge on any atom is 0.341 e. The minimum absolute atomic E-state index is 0.0940. The Morgan fingerprint density at radius 3 is 2.65 bits per heavy atom. The van der Waals surface area contributed by atoms with Crippen LogP contribution in [0.25, 0.3) is 11.1 Å². The van der Waals surface area contributed by atoms with Crippen LogP contribution >= 0.6 is 34.7 Å². The molecule has 1 aromatic heterocycles. The highest BCUT2D eigenvalue weighted by Gasteiger charge is 2.23. The van der Waals surface area contributed by atoms with Crippen molar-refractivity contribution >= 4 is 57.3 Å². The average molecular weight is 477 g/mol. The number of thioether (sulfide) groups is 1. The number of nitro groups is 1. The maximum atomic E-state index is 12.6. The van der Waals surface area contributed by atoms with E-state index < -0.39 is 10.9 Å². The van der Waals surface area contributed by atoms with Crippen LogP contribution in [0.3, 0.4) is 0 Å². The van der Waals surface area contributed by atoms with E-state index in [1.807, 2.05) is 12.1 Å². The van der Waals surface area contributed by atoms with Gasteiger partial charge in [-0.3, -0.25) is 14.9 Å². The van der Waals surface area contributed by atoms with Crippen molar-refractivity contribution < 1.29 is 19.2 Å². The number of esters is 1. The first-order valence-electron chi connectivity index (χ1n) is 9.10. The van der Waals surface area contributed by atoms with E-state index in [1.54, 1.807) is 36.6 Å². The number of non-ortho nitro benzene ring substituents is 1. The molecule has 0 atom stereocenters. The minimum Gasteiger partial charge on any atom is -0.462 e. The summed E-state index contributed by atoms with van der Waals surface area (Å²) >= 11 is 8.36. The van der Waals surface area contributed by atoms with Crippen LogP contribution in [0.2, 0.25) is 5.02 Å². The number of anilines is 1. The summed E-state index contributed by atoms with van der Waals surface area (Å²) in [5.74, 6) is -0.766. The Balaban J connectivity index is 1.83. The van der Waals surface area contributed by atoms with E-state index in [1.165, 1.54) is 23.9 Å². The van der Waals surface area contributed by atoms with Gasteiger partial charge in [0.1, 0.15) is 10.6 Å². The highest BCUT2D eigenvalue weighted by atomic mass is 35.5. The van der Waals surface area contributed by atoms with Gasteiger partial charge in [0.05, 0.1) is 17.3 Å². The number of ether oxygens (including phenoxy) is 1. The highest BCUT2D eigenvalue weighted by molar-refractivity contribution is 8.00. The van der Waals surface area contributed by atoms with Crippen molar-refractivity contribution in [2.24, 2.45) is 0 Å². The first-order valence-corrected chi connectivity index (χ1v) is 11.3. The van der Waals surface area contributed by atoms with Crippen molar-refractivity contribution in [3.05, 3.63) is 74.6 Å². The Morgan fingerprint density at radius 2 is 1.97 bits per heavy atom. The number of hydrogen-bond acceptors (Lipinski definition) is 7. The Labute approximate surface area is 191 Å². The highest BCUT2D eigenvalue weighted by Crippen LogP contribution is 2.37. The number of rotatable bonds is 8. The summed E-state index contributed by atoms with van der Waals surface area (Å²) in [6.07, 6.45) is 0. The fraction of sp³-hybridized carbons (Fsp3) is 0.143. The molecule has 0 fully saturated rings. The SMILES string of the molecule is CCOC(=O)c1c(-c2cccc([N+](=O)[O-])c2)csc1NC(=O)CSc1ccc(Cl)cc1. The van der Waals surface area contributed by atoms with Crippen molar-refractivity contribution in [1.29, 1.82) is 0 Å². The Hall–Kier alpha value is -2.88. The van der Waals surface area contributed by atoms with Crippen LogP contribution in [0.1, 0.15) is 17.3 Å². The topological polar surface area (TPSA) is 98.5 Å². The zero-order chi connectivity index (χ0) is 22.4. The Morgan fingerprint density at radius 1 is 1.23 bits per heavy atom. The van der Waals surface area contributed by atoms with Crippen molar-refractivity contribution in [2.45, 2.75) is 11.8 Å². The molecule has 0 unspecified atom stereocenters. The van der Waals surface area contributed by atoms with Gasteiger partial charge in [0.15, 0.2) is 0 Å². The number of carbonyl (C=O) groups is 2. The van der Waals surface area contributed by atoms with E-state index in [4.69, 9.17) is 16.3 Å². The second-order valence-electron chi connectivity index (χ2n) is 6.17. The van der Waals surface area contributed by atoms with Gasteiger partial charge in [0.2, 0.25) is 5.91 Å². The van der Waals surface area contributed by atoms with Gasteiger partial charge in [0.25, 0.3) is 5.69 Å². The summed E-state index contributed by atoms with van der Waals surface area (Å²) in [5, 5.41) is 16.5. The molecular formula is C21H17ClN2O5S2. The van der Waals surface area contributed by atoms with E-state index >= 15 is 0 Å². The molecule has 7 nitrogen and oxygen atoms in total. The number of nitrogens with one attached hydrogen (secondary N) is 1. The van der Waals surface area contributed by atoms with Crippen LogP contribution in [-0.2, 0) is 9.53 Å². The molecule has 0 saturated heterocycles. The molecule has 0 aliphatic carbocycles. The summed E-state index contributed by atoms with van der Waals surface area (Å²) in [7, 11) is 0. The van der Waals surface area contributed by atoms with Gasteiger partial charge in [-0.25, -0.2) is 4.79 Å². The van der Waals surface area contributed by atoms with Crippen LogP contribution in [0, 0.1) is 10.1 Å². The van der Waals surface area contributed by atoms with E-state index in [0.29, 0.717) is 21.2 Å². The van der Waals surface area contributed by atoms with Gasteiger partial charge in [-0.1, -0.05) is 23.7 Å². The fourth-order valence-electron chi connectivity index (χ4n) is 2.70. The molecule has 31 heavy (non-hydrogen) atoms. The molecule has 1 amide bonds. The number of hydrogen-bond donors (Lipinski definition) is 1. The van der Waals surface area contributed by atoms with Crippen LogP contribution in [-0.4, -0.2) is 29.2 Å². The van der Waals surface area contributed by atoms with Gasteiger partial charge >= 0.3 is 5.97 Å². The van der Waals surface area contributed by atoms with Gasteiger partial charge in [-0.15, -0.1) is 23.1 Å². The van der Waals surface area contributed by atoms with Crippen LogP contribution in [0.5, 0.6) is 0 Å². The van der Waals surface area contributed by atoms with Gasteiger partial charge < -0.3 is 10.1 Å². The van der Waals surface area contributed by atoms with Crippen molar-refractivity contribution in [3.63, 3.8) is 0 Å². The third-order valence-corrected chi connectivity index (χ3v) is 6.23. The first-order chi connectivity index (χ1) is 14.9. The molecule has 0 aliphatic rings. The molecule has 10 heteroatoms. The maximum absolute atomic E-state index is 12.6. The molecular weight excluding hydrogens is 460 g/mol. The number of amides is 1. The summed E-state index contributed by atoms with van der Waals surface area (Å²) in [6, 6.07) is 13.1. The summed E-state index contributed by atoms with van der Waals surface area (Å²) < 4.78 is 5.15. The number of thiophene rings is 1. The summed E-state index contributed by atoms with van der Waals surface area (Å²) in [4.78, 5) is 36.6. The fourth-order valence-corrected chi connectivity index (χ4v) is 4.50. The molecule has 2 aromatic carbocycles. The minimum atomic E-state index is -0.606. The van der Waals surface area contributed by atoms with E-state index in [9.17, 15) is 19.7 Å². The molecule has 0 aliphatic heterocycles. The van der Waals surface area contributed by atoms with Crippen LogP contribution in [0.4, 0.5) is 10.7 Å². The zero-order valence-electron chi connectivity index (χ0n) is 16.3. The van der Waals surface area contributed by atoms with Gasteiger partial charge in [-0.2, -0.15) is 0 Å². The van der Waals surface area contributed by atoms with Crippen molar-refractivity contribution in [3.8, 4) is 11.1 Å². The number of benzene rings is 2. The molecule has 0 radical (unpaired) electrons.